The van der Waals surface area contributed by atoms with Crippen molar-refractivity contribution in [2.24, 2.45) is 0 Å². The molecule has 1 heterocycles. The van der Waals surface area contributed by atoms with Crippen LogP contribution in [0.3, 0.4) is 0 Å². The molecule has 1 aliphatic heterocycles. The Kier molecular flexibility index (Phi) is 2.33. The van der Waals surface area contributed by atoms with Gasteiger partial charge in [0.2, 0.25) is 0 Å². The standard InChI is InChI=1S/C3H6ClO2P/c4-7-5-2-1-3-6-7/h1-3H2. The van der Waals surface area contributed by atoms with E-state index in [1.54, 1.807) is 0 Å². The highest BCUT2D eigenvalue weighted by Gasteiger charge is 2.09. The van der Waals surface area contributed by atoms with Crippen molar-refractivity contribution in [3.63, 3.8) is 0 Å². The average Bonchev–Trinajstić information content (AvgIpc) is 1.69. The van der Waals surface area contributed by atoms with Gasteiger partial charge in [0.15, 0.2) is 0 Å². The second-order valence-corrected chi connectivity index (χ2v) is 3.00. The maximum atomic E-state index is 5.44. The predicted octanol–water partition coefficient (Wildman–Crippen LogP) is 1.89. The van der Waals surface area contributed by atoms with E-state index in [1.165, 1.54) is 0 Å². The lowest BCUT2D eigenvalue weighted by Gasteiger charge is -2.14. The molecular weight excluding hydrogens is 134 g/mol. The Morgan fingerprint density at radius 3 is 2.14 bits per heavy atom. The van der Waals surface area contributed by atoms with E-state index in [0.717, 1.165) is 19.6 Å². The first-order valence-corrected chi connectivity index (χ1v) is 4.19. The molecule has 0 aromatic heterocycles. The molecule has 1 aliphatic rings. The van der Waals surface area contributed by atoms with E-state index >= 15 is 0 Å². The van der Waals surface area contributed by atoms with Gasteiger partial charge < -0.3 is 9.05 Å². The molecule has 1 saturated heterocycles. The van der Waals surface area contributed by atoms with Crippen LogP contribution in [-0.4, -0.2) is 13.2 Å². The molecule has 2 nitrogen and oxygen atoms in total. The van der Waals surface area contributed by atoms with Gasteiger partial charge in [0.1, 0.15) is 0 Å². The summed E-state index contributed by atoms with van der Waals surface area (Å²) in [6.45, 7) is 1.52. The summed E-state index contributed by atoms with van der Waals surface area (Å²) in [6.07, 6.45) is 0.978. The third-order valence-corrected chi connectivity index (χ3v) is 2.03. The third kappa shape index (κ3) is 1.92. The molecule has 0 N–H and O–H groups in total. The molecule has 7 heavy (non-hydrogen) atoms. The fourth-order valence-electron chi connectivity index (χ4n) is 0.369. The van der Waals surface area contributed by atoms with Gasteiger partial charge in [0, 0.05) is 0 Å². The summed E-state index contributed by atoms with van der Waals surface area (Å²) in [5, 5.41) is 0. The van der Waals surface area contributed by atoms with Crippen LogP contribution in [0, 0.1) is 0 Å². The van der Waals surface area contributed by atoms with Crippen LogP contribution in [0.4, 0.5) is 0 Å². The van der Waals surface area contributed by atoms with Gasteiger partial charge in [-0.05, 0) is 17.7 Å². The zero-order valence-corrected chi connectivity index (χ0v) is 5.41. The monoisotopic (exact) mass is 140 g/mol. The van der Waals surface area contributed by atoms with E-state index in [1.807, 2.05) is 0 Å². The summed E-state index contributed by atoms with van der Waals surface area (Å²) >= 11 is 5.44. The van der Waals surface area contributed by atoms with Crippen molar-refractivity contribution >= 4 is 19.0 Å². The molecule has 0 atom stereocenters. The maximum Gasteiger partial charge on any atom is 0.276 e. The molecular formula is C3H6ClO2P. The van der Waals surface area contributed by atoms with Crippen LogP contribution >= 0.6 is 19.0 Å². The second-order valence-electron chi connectivity index (χ2n) is 1.23. The zero-order chi connectivity index (χ0) is 5.11. The Morgan fingerprint density at radius 1 is 1.29 bits per heavy atom. The van der Waals surface area contributed by atoms with Gasteiger partial charge >= 0.3 is 0 Å². The predicted molar refractivity (Wildman–Crippen MR) is 29.3 cm³/mol. The smallest absolute Gasteiger partial charge is 0.276 e. The molecule has 0 amide bonds. The lowest BCUT2D eigenvalue weighted by atomic mass is 10.5. The lowest BCUT2D eigenvalue weighted by Crippen LogP contribution is -2.01. The van der Waals surface area contributed by atoms with Gasteiger partial charge in [-0.1, -0.05) is 0 Å². The van der Waals surface area contributed by atoms with Crippen LogP contribution < -0.4 is 0 Å². The van der Waals surface area contributed by atoms with Crippen molar-refractivity contribution in [3.05, 3.63) is 0 Å². The van der Waals surface area contributed by atoms with Crippen molar-refractivity contribution in [2.45, 2.75) is 6.42 Å². The van der Waals surface area contributed by atoms with Crippen LogP contribution in [0.25, 0.3) is 0 Å². The molecule has 0 bridgehead atoms. The summed E-state index contributed by atoms with van der Waals surface area (Å²) in [4.78, 5) is 0. The van der Waals surface area contributed by atoms with Crippen LogP contribution in [0.2, 0.25) is 0 Å². The van der Waals surface area contributed by atoms with Crippen molar-refractivity contribution in [2.75, 3.05) is 13.2 Å². The van der Waals surface area contributed by atoms with Gasteiger partial charge in [-0.3, -0.25) is 0 Å². The number of hydrogen-bond donors (Lipinski definition) is 0. The van der Waals surface area contributed by atoms with E-state index in [4.69, 9.17) is 20.3 Å². The van der Waals surface area contributed by atoms with Crippen molar-refractivity contribution < 1.29 is 9.05 Å². The van der Waals surface area contributed by atoms with Crippen LogP contribution in [0.5, 0.6) is 0 Å². The van der Waals surface area contributed by atoms with Gasteiger partial charge in [-0.2, -0.15) is 0 Å². The molecule has 0 aromatic carbocycles. The number of rotatable bonds is 0. The van der Waals surface area contributed by atoms with Crippen LogP contribution in [0.1, 0.15) is 6.42 Å². The van der Waals surface area contributed by atoms with Gasteiger partial charge in [0.25, 0.3) is 7.73 Å². The first-order chi connectivity index (χ1) is 3.39. The van der Waals surface area contributed by atoms with E-state index in [0.29, 0.717) is 0 Å². The zero-order valence-electron chi connectivity index (χ0n) is 3.76. The minimum absolute atomic E-state index is 0.759. The maximum absolute atomic E-state index is 5.44. The van der Waals surface area contributed by atoms with Crippen molar-refractivity contribution in [1.29, 1.82) is 0 Å². The fourth-order valence-corrected chi connectivity index (χ4v) is 1.40. The van der Waals surface area contributed by atoms with E-state index in [2.05, 4.69) is 0 Å². The fraction of sp³-hybridized carbons (Fsp3) is 1.00. The third-order valence-electron chi connectivity index (χ3n) is 0.674. The molecule has 42 valence electrons. The van der Waals surface area contributed by atoms with E-state index < -0.39 is 7.73 Å². The van der Waals surface area contributed by atoms with Crippen molar-refractivity contribution in [1.82, 2.24) is 0 Å². The van der Waals surface area contributed by atoms with Crippen LogP contribution in [0.15, 0.2) is 0 Å². The van der Waals surface area contributed by atoms with Gasteiger partial charge in [0.05, 0.1) is 13.2 Å². The highest BCUT2D eigenvalue weighted by molar-refractivity contribution is 7.76. The molecule has 0 aliphatic carbocycles. The number of hydrogen-bond acceptors (Lipinski definition) is 2. The number of halogens is 1. The first kappa shape index (κ1) is 5.77. The van der Waals surface area contributed by atoms with E-state index in [9.17, 15) is 0 Å². The molecule has 0 unspecified atom stereocenters. The lowest BCUT2D eigenvalue weighted by molar-refractivity contribution is 0.192. The van der Waals surface area contributed by atoms with Crippen molar-refractivity contribution in [3.8, 4) is 0 Å². The SMILES string of the molecule is ClP1OCCCO1. The highest BCUT2D eigenvalue weighted by Crippen LogP contribution is 2.45. The largest absolute Gasteiger partial charge is 0.322 e. The Bertz CT molecular complexity index is 54.9. The van der Waals surface area contributed by atoms with Crippen LogP contribution in [-0.2, 0) is 9.05 Å². The molecule has 0 spiro atoms. The second kappa shape index (κ2) is 2.83. The summed E-state index contributed by atoms with van der Waals surface area (Å²) in [5.41, 5.74) is 0. The Morgan fingerprint density at radius 2 is 1.86 bits per heavy atom. The topological polar surface area (TPSA) is 18.5 Å². The Labute approximate surface area is 48.5 Å². The summed E-state index contributed by atoms with van der Waals surface area (Å²) in [6, 6.07) is 0. The first-order valence-electron chi connectivity index (χ1n) is 2.11. The highest BCUT2D eigenvalue weighted by atomic mass is 35.7. The quantitative estimate of drug-likeness (QED) is 0.479. The average molecular weight is 141 g/mol. The summed E-state index contributed by atoms with van der Waals surface area (Å²) < 4.78 is 9.77. The summed E-state index contributed by atoms with van der Waals surface area (Å²) in [7, 11) is -1.02. The van der Waals surface area contributed by atoms with E-state index in [-0.39, 0.29) is 0 Å². The molecule has 0 radical (unpaired) electrons. The Balaban J connectivity index is 2.12. The molecule has 1 rings (SSSR count). The summed E-state index contributed by atoms with van der Waals surface area (Å²) in [5.74, 6) is 0. The molecule has 4 heteroatoms. The molecule has 1 fully saturated rings. The normalized spacial score (nSPS) is 25.3. The molecule has 0 saturated carbocycles. The van der Waals surface area contributed by atoms with Gasteiger partial charge in [-0.15, -0.1) is 0 Å². The van der Waals surface area contributed by atoms with Gasteiger partial charge in [-0.25, -0.2) is 0 Å². The minimum Gasteiger partial charge on any atom is -0.322 e. The minimum atomic E-state index is -1.02. The Hall–Kier alpha value is 0.640. The molecule has 0 aromatic rings.